The van der Waals surface area contributed by atoms with Crippen molar-refractivity contribution < 1.29 is 4.74 Å². The van der Waals surface area contributed by atoms with E-state index in [1.807, 2.05) is 0 Å². The summed E-state index contributed by atoms with van der Waals surface area (Å²) in [5.41, 5.74) is 0.555. The van der Waals surface area contributed by atoms with Crippen LogP contribution in [0.15, 0.2) is 0 Å². The largest absolute Gasteiger partial charge is 0.378 e. The van der Waals surface area contributed by atoms with Crippen molar-refractivity contribution in [2.75, 3.05) is 6.61 Å². The maximum atomic E-state index is 5.69. The summed E-state index contributed by atoms with van der Waals surface area (Å²) in [7, 11) is 0. The van der Waals surface area contributed by atoms with E-state index in [4.69, 9.17) is 4.74 Å². The molecule has 0 N–H and O–H groups in total. The average Bonchev–Trinajstić information content (AvgIpc) is 2.34. The Bertz CT molecular complexity index is 151. The third-order valence-corrected chi connectivity index (χ3v) is 3.52. The Hall–Kier alpha value is -0.0400. The van der Waals surface area contributed by atoms with Gasteiger partial charge in [-0.05, 0) is 30.6 Å². The molecule has 2 rings (SSSR count). The van der Waals surface area contributed by atoms with Gasteiger partial charge in [-0.15, -0.1) is 0 Å². The second-order valence-corrected chi connectivity index (χ2v) is 4.69. The first-order valence-corrected chi connectivity index (χ1v) is 4.82. The normalized spacial score (nSPS) is 42.0. The van der Waals surface area contributed by atoms with E-state index >= 15 is 0 Å². The summed E-state index contributed by atoms with van der Waals surface area (Å²) in [5, 5.41) is 0. The summed E-state index contributed by atoms with van der Waals surface area (Å²) in [6.07, 6.45) is 6.00. The molecule has 11 heavy (non-hydrogen) atoms. The molecule has 0 aromatic carbocycles. The summed E-state index contributed by atoms with van der Waals surface area (Å²) >= 11 is 0. The summed E-state index contributed by atoms with van der Waals surface area (Å²) in [5.74, 6) is 0.858. The van der Waals surface area contributed by atoms with Gasteiger partial charge in [-0.25, -0.2) is 0 Å². The van der Waals surface area contributed by atoms with Crippen molar-refractivity contribution in [2.45, 2.75) is 45.6 Å². The molecule has 0 aromatic rings. The Morgan fingerprint density at radius 1 is 1.27 bits per heavy atom. The van der Waals surface area contributed by atoms with Gasteiger partial charge in [0.25, 0.3) is 0 Å². The first-order chi connectivity index (χ1) is 5.20. The first kappa shape index (κ1) is 7.60. The topological polar surface area (TPSA) is 9.23 Å². The number of rotatable bonds is 0. The average molecular weight is 154 g/mol. The Morgan fingerprint density at radius 2 is 2.09 bits per heavy atom. The van der Waals surface area contributed by atoms with Gasteiger partial charge < -0.3 is 4.74 Å². The zero-order chi connectivity index (χ0) is 7.90. The number of hydrogen-bond acceptors (Lipinski definition) is 1. The van der Waals surface area contributed by atoms with Gasteiger partial charge in [0.1, 0.15) is 0 Å². The van der Waals surface area contributed by atoms with Crippen LogP contribution in [0.5, 0.6) is 0 Å². The van der Waals surface area contributed by atoms with Crippen LogP contribution < -0.4 is 0 Å². The van der Waals surface area contributed by atoms with Crippen molar-refractivity contribution >= 4 is 0 Å². The minimum Gasteiger partial charge on any atom is -0.378 e. The number of fused-ring (bicyclic) bond motifs is 1. The Kier molecular flexibility index (Phi) is 1.71. The van der Waals surface area contributed by atoms with Crippen LogP contribution in [-0.4, -0.2) is 12.7 Å². The molecule has 1 saturated heterocycles. The van der Waals surface area contributed by atoms with E-state index in [-0.39, 0.29) is 0 Å². The minimum atomic E-state index is 0.555. The molecule has 1 aliphatic carbocycles. The van der Waals surface area contributed by atoms with Crippen LogP contribution in [0, 0.1) is 11.3 Å². The lowest BCUT2D eigenvalue weighted by molar-refractivity contribution is 0.0137. The molecule has 0 radical (unpaired) electrons. The molecule has 1 saturated carbocycles. The maximum absolute atomic E-state index is 5.69. The van der Waals surface area contributed by atoms with E-state index in [1.54, 1.807) is 0 Å². The molecule has 64 valence electrons. The highest BCUT2D eigenvalue weighted by atomic mass is 16.5. The molecule has 1 heteroatoms. The molecule has 2 aliphatic rings. The van der Waals surface area contributed by atoms with Crippen LogP contribution in [-0.2, 0) is 4.74 Å². The second kappa shape index (κ2) is 2.48. The zero-order valence-corrected chi connectivity index (χ0v) is 7.60. The fourth-order valence-corrected chi connectivity index (χ4v) is 2.77. The van der Waals surface area contributed by atoms with Gasteiger partial charge in [0.2, 0.25) is 0 Å². The molecule has 0 bridgehead atoms. The van der Waals surface area contributed by atoms with Gasteiger partial charge in [-0.1, -0.05) is 20.3 Å². The highest BCUT2D eigenvalue weighted by Gasteiger charge is 2.42. The standard InChI is InChI=1S/C10H18O/c1-10(2)6-3-4-9-8(10)5-7-11-9/h8-9H,3-7H2,1-2H3/t8-,9+/m0/s1. The van der Waals surface area contributed by atoms with E-state index in [2.05, 4.69) is 13.8 Å². The second-order valence-electron chi connectivity index (χ2n) is 4.69. The third-order valence-electron chi connectivity index (χ3n) is 3.52. The van der Waals surface area contributed by atoms with Gasteiger partial charge in [-0.3, -0.25) is 0 Å². The van der Waals surface area contributed by atoms with Gasteiger partial charge in [0, 0.05) is 6.61 Å². The van der Waals surface area contributed by atoms with Crippen molar-refractivity contribution in [3.8, 4) is 0 Å². The van der Waals surface area contributed by atoms with Crippen LogP contribution in [0.25, 0.3) is 0 Å². The molecule has 1 nitrogen and oxygen atoms in total. The smallest absolute Gasteiger partial charge is 0.0609 e. The minimum absolute atomic E-state index is 0.555. The lowest BCUT2D eigenvalue weighted by Gasteiger charge is -2.39. The van der Waals surface area contributed by atoms with Crippen molar-refractivity contribution in [3.05, 3.63) is 0 Å². The van der Waals surface area contributed by atoms with Crippen LogP contribution in [0.1, 0.15) is 39.5 Å². The molecule has 2 fully saturated rings. The van der Waals surface area contributed by atoms with Gasteiger partial charge in [0.15, 0.2) is 0 Å². The van der Waals surface area contributed by atoms with Crippen LogP contribution >= 0.6 is 0 Å². The first-order valence-electron chi connectivity index (χ1n) is 4.82. The Balaban J connectivity index is 2.13. The third kappa shape index (κ3) is 1.20. The van der Waals surface area contributed by atoms with E-state index in [0.29, 0.717) is 11.5 Å². The van der Waals surface area contributed by atoms with Crippen LogP contribution in [0.2, 0.25) is 0 Å². The zero-order valence-electron chi connectivity index (χ0n) is 7.60. The fraction of sp³-hybridized carbons (Fsp3) is 1.00. The summed E-state index contributed by atoms with van der Waals surface area (Å²) < 4.78 is 5.69. The summed E-state index contributed by atoms with van der Waals surface area (Å²) in [6.45, 7) is 5.82. The molecule has 1 aliphatic heterocycles. The highest BCUT2D eigenvalue weighted by molar-refractivity contribution is 4.91. The monoisotopic (exact) mass is 154 g/mol. The van der Waals surface area contributed by atoms with Crippen molar-refractivity contribution in [2.24, 2.45) is 11.3 Å². The molecular weight excluding hydrogens is 136 g/mol. The predicted molar refractivity (Wildman–Crippen MR) is 45.5 cm³/mol. The van der Waals surface area contributed by atoms with E-state index < -0.39 is 0 Å². The van der Waals surface area contributed by atoms with E-state index in [1.165, 1.54) is 25.7 Å². The molecule has 0 unspecified atom stereocenters. The molecule has 0 spiro atoms. The summed E-state index contributed by atoms with van der Waals surface area (Å²) in [4.78, 5) is 0. The lowest BCUT2D eigenvalue weighted by atomic mass is 9.67. The number of hydrogen-bond donors (Lipinski definition) is 0. The highest BCUT2D eigenvalue weighted by Crippen LogP contribution is 2.46. The molecule has 2 atom stereocenters. The van der Waals surface area contributed by atoms with Crippen molar-refractivity contribution in [1.29, 1.82) is 0 Å². The van der Waals surface area contributed by atoms with Gasteiger partial charge in [-0.2, -0.15) is 0 Å². The lowest BCUT2D eigenvalue weighted by Crippen LogP contribution is -2.35. The van der Waals surface area contributed by atoms with E-state index in [9.17, 15) is 0 Å². The SMILES string of the molecule is CC1(C)CCC[C@H]2OCC[C@@H]21. The Morgan fingerprint density at radius 3 is 2.82 bits per heavy atom. The quantitative estimate of drug-likeness (QED) is 0.521. The van der Waals surface area contributed by atoms with Crippen molar-refractivity contribution in [3.63, 3.8) is 0 Å². The number of ether oxygens (including phenoxy) is 1. The predicted octanol–water partition coefficient (Wildman–Crippen LogP) is 2.60. The molecule has 1 heterocycles. The van der Waals surface area contributed by atoms with Gasteiger partial charge in [0.05, 0.1) is 6.10 Å². The van der Waals surface area contributed by atoms with Crippen LogP contribution in [0.3, 0.4) is 0 Å². The van der Waals surface area contributed by atoms with E-state index in [0.717, 1.165) is 12.5 Å². The summed E-state index contributed by atoms with van der Waals surface area (Å²) in [6, 6.07) is 0. The molecule has 0 aromatic heterocycles. The van der Waals surface area contributed by atoms with Crippen molar-refractivity contribution in [1.82, 2.24) is 0 Å². The molecule has 0 amide bonds. The van der Waals surface area contributed by atoms with Crippen LogP contribution in [0.4, 0.5) is 0 Å². The maximum Gasteiger partial charge on any atom is 0.0609 e. The Labute approximate surface area is 69.1 Å². The van der Waals surface area contributed by atoms with Gasteiger partial charge >= 0.3 is 0 Å². The fourth-order valence-electron chi connectivity index (χ4n) is 2.77. The molecular formula is C10H18O.